The van der Waals surface area contributed by atoms with Crippen molar-refractivity contribution < 1.29 is 24.2 Å². The Morgan fingerprint density at radius 1 is 0.517 bits per heavy atom. The maximum absolute atomic E-state index is 12.8. The molecule has 334 valence electrons. The monoisotopic (exact) mass is 811 g/mol. The molecule has 2 atom stereocenters. The number of unbranched alkanes of at least 4 members (excludes halogenated alkanes) is 19. The number of carbonyl (C=O) groups is 3. The van der Waals surface area contributed by atoms with Crippen LogP contribution in [-0.2, 0) is 19.1 Å². The van der Waals surface area contributed by atoms with Gasteiger partial charge in [0.1, 0.15) is 12.1 Å². The lowest BCUT2D eigenvalue weighted by molar-refractivity contribution is -0.150. The van der Waals surface area contributed by atoms with Crippen molar-refractivity contribution in [3.8, 4) is 0 Å². The summed E-state index contributed by atoms with van der Waals surface area (Å²) in [5.41, 5.74) is 5.49. The number of carboxylic acid groups (broad SMARTS) is 1. The zero-order valence-electron chi connectivity index (χ0n) is 37.6. The minimum atomic E-state index is -1.01. The highest BCUT2D eigenvalue weighted by atomic mass is 16.5. The molecule has 0 heterocycles. The number of nitrogens with one attached hydrogen (secondary N) is 1. The molecule has 0 aliphatic rings. The van der Waals surface area contributed by atoms with Gasteiger partial charge in [-0.2, -0.15) is 0 Å². The fraction of sp³-hybridized carbons (Fsp3) is 0.745. The lowest BCUT2D eigenvalue weighted by atomic mass is 10.0. The molecule has 0 radical (unpaired) electrons. The third-order valence-electron chi connectivity index (χ3n) is 10.6. The van der Waals surface area contributed by atoms with Crippen molar-refractivity contribution in [3.63, 3.8) is 0 Å². The molecule has 7 nitrogen and oxygen atoms in total. The Hall–Kier alpha value is -2.93. The van der Waals surface area contributed by atoms with E-state index < -0.39 is 12.0 Å². The molecular weight excluding hydrogens is 721 g/mol. The second-order valence-corrected chi connectivity index (χ2v) is 16.1. The second kappa shape index (κ2) is 45.2. The van der Waals surface area contributed by atoms with E-state index in [-0.39, 0.29) is 18.0 Å². The Morgan fingerprint density at radius 2 is 0.948 bits per heavy atom. The van der Waals surface area contributed by atoms with Crippen LogP contribution in [-0.4, -0.2) is 41.6 Å². The van der Waals surface area contributed by atoms with E-state index in [2.05, 4.69) is 79.9 Å². The summed E-state index contributed by atoms with van der Waals surface area (Å²) in [5.74, 6) is -1.25. The summed E-state index contributed by atoms with van der Waals surface area (Å²) in [7, 11) is 0. The van der Waals surface area contributed by atoms with Crippen LogP contribution in [0.1, 0.15) is 226 Å². The van der Waals surface area contributed by atoms with Crippen molar-refractivity contribution in [2.24, 2.45) is 5.73 Å². The Kier molecular flexibility index (Phi) is 42.9. The molecule has 7 heteroatoms. The predicted octanol–water partition coefficient (Wildman–Crippen LogP) is 14.1. The van der Waals surface area contributed by atoms with E-state index in [4.69, 9.17) is 10.5 Å². The average Bonchev–Trinajstić information content (AvgIpc) is 3.21. The number of rotatable bonds is 43. The van der Waals surface area contributed by atoms with E-state index in [1.165, 1.54) is 77.0 Å². The number of amides is 1. The van der Waals surface area contributed by atoms with Gasteiger partial charge in [0.05, 0.1) is 0 Å². The molecule has 2 unspecified atom stereocenters. The number of hydrogen-bond acceptors (Lipinski definition) is 5. The first kappa shape index (κ1) is 55.1. The van der Waals surface area contributed by atoms with Gasteiger partial charge in [0.25, 0.3) is 0 Å². The number of aliphatic carboxylic acids is 1. The van der Waals surface area contributed by atoms with Gasteiger partial charge in [-0.05, 0) is 103 Å². The molecule has 58 heavy (non-hydrogen) atoms. The van der Waals surface area contributed by atoms with Crippen LogP contribution in [0.3, 0.4) is 0 Å². The van der Waals surface area contributed by atoms with Gasteiger partial charge in [0.15, 0.2) is 0 Å². The third-order valence-corrected chi connectivity index (χ3v) is 10.6. The smallest absolute Gasteiger partial charge is 0.326 e. The van der Waals surface area contributed by atoms with Crippen molar-refractivity contribution in [2.45, 2.75) is 238 Å². The van der Waals surface area contributed by atoms with Crippen molar-refractivity contribution in [1.29, 1.82) is 0 Å². The van der Waals surface area contributed by atoms with Crippen molar-refractivity contribution >= 4 is 17.8 Å². The maximum Gasteiger partial charge on any atom is 0.326 e. The Labute approximate surface area is 357 Å². The lowest BCUT2D eigenvalue weighted by Crippen LogP contribution is -2.40. The van der Waals surface area contributed by atoms with Gasteiger partial charge in [-0.15, -0.1) is 0 Å². The highest BCUT2D eigenvalue weighted by Crippen LogP contribution is 2.19. The number of allylic oxidation sites excluding steroid dienone is 10. The van der Waals surface area contributed by atoms with Crippen molar-refractivity contribution in [1.82, 2.24) is 5.32 Å². The highest BCUT2D eigenvalue weighted by molar-refractivity contribution is 5.83. The summed E-state index contributed by atoms with van der Waals surface area (Å²) in [6, 6.07) is -0.859. The van der Waals surface area contributed by atoms with E-state index in [1.807, 2.05) is 0 Å². The molecule has 0 saturated carbocycles. The minimum Gasteiger partial charge on any atom is -0.480 e. The summed E-state index contributed by atoms with van der Waals surface area (Å²) in [4.78, 5) is 36.5. The van der Waals surface area contributed by atoms with Gasteiger partial charge in [0.2, 0.25) is 5.91 Å². The standard InChI is InChI=1S/C51H90N2O5/c1-3-5-7-9-11-13-15-16-17-18-19-20-21-22-23-24-26-28-30-35-39-45-50(55)58-47(41-36-32-29-27-25-14-12-10-8-6-4-2)42-37-33-31-34-38-44-49(54)53-48(51(56)57)43-40-46-52/h5,7,11,13,16-17,19-20,22-23,47-48H,3-4,6,8-10,12,14-15,18,21,24-46,52H2,1-2H3,(H,53,54)(H,56,57)/b7-5-,13-11-,17-16-,20-19-,23-22-. The fourth-order valence-corrected chi connectivity index (χ4v) is 7.01. The van der Waals surface area contributed by atoms with E-state index in [0.717, 1.165) is 109 Å². The Morgan fingerprint density at radius 3 is 1.43 bits per heavy atom. The van der Waals surface area contributed by atoms with Crippen LogP contribution in [0.5, 0.6) is 0 Å². The molecule has 1 amide bonds. The molecule has 0 aliphatic carbocycles. The number of nitrogens with two attached hydrogens (primary N) is 1. The molecule has 0 bridgehead atoms. The van der Waals surface area contributed by atoms with Gasteiger partial charge in [-0.1, -0.05) is 177 Å². The van der Waals surface area contributed by atoms with Gasteiger partial charge in [-0.25, -0.2) is 4.79 Å². The normalized spacial score (nSPS) is 13.2. The molecule has 0 spiro atoms. The molecule has 0 fully saturated rings. The van der Waals surface area contributed by atoms with Gasteiger partial charge in [-0.3, -0.25) is 9.59 Å². The number of ether oxygens (including phenoxy) is 1. The zero-order valence-corrected chi connectivity index (χ0v) is 37.6. The van der Waals surface area contributed by atoms with Gasteiger partial charge >= 0.3 is 11.9 Å². The van der Waals surface area contributed by atoms with Crippen molar-refractivity contribution in [3.05, 3.63) is 60.8 Å². The highest BCUT2D eigenvalue weighted by Gasteiger charge is 2.19. The predicted molar refractivity (Wildman–Crippen MR) is 248 cm³/mol. The minimum absolute atomic E-state index is 0.00165. The van der Waals surface area contributed by atoms with Crippen LogP contribution < -0.4 is 11.1 Å². The molecule has 0 aliphatic heterocycles. The van der Waals surface area contributed by atoms with Crippen LogP contribution in [0.2, 0.25) is 0 Å². The molecule has 0 aromatic rings. The molecule has 0 aromatic heterocycles. The van der Waals surface area contributed by atoms with Crippen LogP contribution >= 0.6 is 0 Å². The zero-order chi connectivity index (χ0) is 42.4. The third kappa shape index (κ3) is 41.2. The van der Waals surface area contributed by atoms with Crippen LogP contribution in [0.25, 0.3) is 0 Å². The Balaban J connectivity index is 4.29. The molecule has 0 aromatic carbocycles. The number of carboxylic acids is 1. The summed E-state index contributed by atoms with van der Waals surface area (Å²) in [6.45, 7) is 4.84. The van der Waals surface area contributed by atoms with Crippen LogP contribution in [0, 0.1) is 0 Å². The average molecular weight is 811 g/mol. The summed E-state index contributed by atoms with van der Waals surface area (Å²) in [6.07, 6.45) is 57.0. The number of carbonyl (C=O) groups excluding carboxylic acids is 2. The van der Waals surface area contributed by atoms with E-state index in [0.29, 0.717) is 32.2 Å². The molecule has 4 N–H and O–H groups in total. The number of hydrogen-bond donors (Lipinski definition) is 3. The van der Waals surface area contributed by atoms with Crippen LogP contribution in [0.15, 0.2) is 60.8 Å². The van der Waals surface area contributed by atoms with Gasteiger partial charge in [0, 0.05) is 12.8 Å². The van der Waals surface area contributed by atoms with E-state index in [1.54, 1.807) is 0 Å². The van der Waals surface area contributed by atoms with Crippen molar-refractivity contribution in [2.75, 3.05) is 6.54 Å². The first-order valence-corrected chi connectivity index (χ1v) is 24.1. The summed E-state index contributed by atoms with van der Waals surface area (Å²) in [5, 5.41) is 12.0. The van der Waals surface area contributed by atoms with E-state index in [9.17, 15) is 19.5 Å². The SMILES string of the molecule is CC/C=C\C/C=C\C/C=C\C/C=C\C/C=C\CCCCCCCC(=O)OC(CCCCCCCCCCCCC)CCCCCCCC(=O)NC(CCCN)C(=O)O. The fourth-order valence-electron chi connectivity index (χ4n) is 7.01. The topological polar surface area (TPSA) is 119 Å². The second-order valence-electron chi connectivity index (χ2n) is 16.1. The molecule has 0 rings (SSSR count). The first-order valence-electron chi connectivity index (χ1n) is 24.1. The lowest BCUT2D eigenvalue weighted by Gasteiger charge is -2.18. The van der Waals surface area contributed by atoms with E-state index >= 15 is 0 Å². The summed E-state index contributed by atoms with van der Waals surface area (Å²) >= 11 is 0. The number of esters is 1. The molecule has 0 saturated heterocycles. The van der Waals surface area contributed by atoms with Crippen LogP contribution in [0.4, 0.5) is 0 Å². The first-order chi connectivity index (χ1) is 28.4. The quantitative estimate of drug-likeness (QED) is 0.0321. The van der Waals surface area contributed by atoms with Gasteiger partial charge < -0.3 is 20.9 Å². The largest absolute Gasteiger partial charge is 0.480 e. The molecular formula is C51H90N2O5. The Bertz CT molecular complexity index is 1090. The summed E-state index contributed by atoms with van der Waals surface area (Å²) < 4.78 is 6.06. The maximum atomic E-state index is 12.8.